The predicted molar refractivity (Wildman–Crippen MR) is 129 cm³/mol. The number of nitrogens with one attached hydrogen (secondary N) is 1. The number of aromatic nitrogens is 3. The number of alkyl halides is 3. The van der Waals surface area contributed by atoms with Gasteiger partial charge in [-0.3, -0.25) is 4.40 Å². The van der Waals surface area contributed by atoms with Crippen molar-refractivity contribution in [2.75, 3.05) is 36.5 Å². The van der Waals surface area contributed by atoms with Gasteiger partial charge >= 0.3 is 12.1 Å². The fraction of sp³-hybridized carbons (Fsp3) is 0.320. The molecule has 1 saturated heterocycles. The number of morpholine rings is 1. The van der Waals surface area contributed by atoms with Gasteiger partial charge in [0.05, 0.1) is 36.0 Å². The summed E-state index contributed by atoms with van der Waals surface area (Å²) in [7, 11) is 0. The molecule has 0 amide bonds. The molecule has 12 heteroatoms. The first-order valence-corrected chi connectivity index (χ1v) is 11.6. The van der Waals surface area contributed by atoms with E-state index in [9.17, 15) is 27.5 Å². The van der Waals surface area contributed by atoms with Crippen LogP contribution < -0.4 is 10.2 Å². The molecule has 37 heavy (non-hydrogen) atoms. The van der Waals surface area contributed by atoms with Gasteiger partial charge in [0.15, 0.2) is 5.69 Å². The molecule has 1 atom stereocenters. The van der Waals surface area contributed by atoms with Crippen molar-refractivity contribution < 1.29 is 32.2 Å². The monoisotopic (exact) mass is 517 g/mol. The lowest BCUT2D eigenvalue weighted by atomic mass is 10.0. The lowest BCUT2D eigenvalue weighted by molar-refractivity contribution is -0.140. The molecule has 8 nitrogen and oxygen atoms in total. The second kappa shape index (κ2) is 9.18. The van der Waals surface area contributed by atoms with E-state index in [1.54, 1.807) is 26.0 Å². The fourth-order valence-electron chi connectivity index (χ4n) is 4.58. The number of fused-ring (bicyclic) bond motifs is 3. The van der Waals surface area contributed by atoms with E-state index in [1.807, 2.05) is 4.90 Å². The number of benzene rings is 2. The zero-order valence-electron chi connectivity index (χ0n) is 19.9. The van der Waals surface area contributed by atoms with Crippen molar-refractivity contribution in [3.05, 3.63) is 64.7 Å². The second-order valence-electron chi connectivity index (χ2n) is 8.91. The minimum Gasteiger partial charge on any atom is -0.478 e. The minimum atomic E-state index is -4.65. The summed E-state index contributed by atoms with van der Waals surface area (Å²) >= 11 is 0. The zero-order valence-corrected chi connectivity index (χ0v) is 19.9. The van der Waals surface area contributed by atoms with E-state index in [-0.39, 0.29) is 22.8 Å². The standard InChI is InChI=1S/C25H23F4N5O3/c1-13-10-16(14(2)30-21-15(23(35)36)4-3-5-18(21)26)20-17(11-13)22-31-19(25(27,28)29)12-34(22)24(32-20)33-6-8-37-9-7-33/h3-5,10-12,14,30H,6-9H2,1-2H3,(H,35,36)/t14-/m1/s1. The SMILES string of the molecule is Cc1cc([C@@H](C)Nc2c(F)cccc2C(=O)O)c2nc(N3CCOCC3)n3cc(C(F)(F)F)nc3c2c1. The Morgan fingerprint density at radius 2 is 1.92 bits per heavy atom. The number of halogens is 4. The maximum atomic E-state index is 14.6. The molecule has 0 saturated carbocycles. The third-order valence-electron chi connectivity index (χ3n) is 6.31. The van der Waals surface area contributed by atoms with Crippen molar-refractivity contribution in [3.63, 3.8) is 0 Å². The van der Waals surface area contributed by atoms with E-state index >= 15 is 0 Å². The van der Waals surface area contributed by atoms with Crippen molar-refractivity contribution in [1.29, 1.82) is 0 Å². The molecule has 2 aromatic carbocycles. The molecular weight excluding hydrogens is 494 g/mol. The van der Waals surface area contributed by atoms with Crippen LogP contribution >= 0.6 is 0 Å². The number of ether oxygens (including phenoxy) is 1. The van der Waals surface area contributed by atoms with Crippen LogP contribution in [-0.4, -0.2) is 51.7 Å². The van der Waals surface area contributed by atoms with E-state index in [4.69, 9.17) is 9.72 Å². The predicted octanol–water partition coefficient (Wildman–Crippen LogP) is 5.06. The summed E-state index contributed by atoms with van der Waals surface area (Å²) in [5.74, 6) is -1.76. The van der Waals surface area contributed by atoms with Crippen molar-refractivity contribution in [1.82, 2.24) is 14.4 Å². The third-order valence-corrected chi connectivity index (χ3v) is 6.31. The number of rotatable bonds is 5. The van der Waals surface area contributed by atoms with E-state index in [0.717, 1.165) is 17.8 Å². The van der Waals surface area contributed by atoms with Gasteiger partial charge in [-0.25, -0.2) is 19.2 Å². The Morgan fingerprint density at radius 1 is 1.19 bits per heavy atom. The molecule has 0 bridgehead atoms. The van der Waals surface area contributed by atoms with Gasteiger partial charge in [0, 0.05) is 30.2 Å². The maximum Gasteiger partial charge on any atom is 0.434 e. The topological polar surface area (TPSA) is 92.0 Å². The number of carbonyl (C=O) groups is 1. The van der Waals surface area contributed by atoms with Gasteiger partial charge in [-0.2, -0.15) is 13.2 Å². The lowest BCUT2D eigenvalue weighted by Crippen LogP contribution is -2.38. The van der Waals surface area contributed by atoms with Crippen molar-refractivity contribution >= 4 is 34.2 Å². The van der Waals surface area contributed by atoms with Crippen LogP contribution in [0.15, 0.2) is 36.5 Å². The first-order chi connectivity index (χ1) is 17.5. The van der Waals surface area contributed by atoms with Crippen LogP contribution in [0.4, 0.5) is 29.2 Å². The van der Waals surface area contributed by atoms with Crippen LogP contribution in [0.3, 0.4) is 0 Å². The smallest absolute Gasteiger partial charge is 0.434 e. The molecule has 4 aromatic rings. The Labute approximate surface area is 208 Å². The average Bonchev–Trinajstić information content (AvgIpc) is 3.31. The Kier molecular flexibility index (Phi) is 6.14. The number of hydrogen-bond donors (Lipinski definition) is 2. The number of hydrogen-bond acceptors (Lipinski definition) is 6. The number of anilines is 2. The summed E-state index contributed by atoms with van der Waals surface area (Å²) in [5, 5.41) is 12.8. The molecule has 2 N–H and O–H groups in total. The van der Waals surface area contributed by atoms with Gasteiger partial charge in [-0.15, -0.1) is 0 Å². The van der Waals surface area contributed by atoms with Gasteiger partial charge in [0.1, 0.15) is 11.5 Å². The molecular formula is C25H23F4N5O3. The Hall–Kier alpha value is -3.93. The molecule has 2 aromatic heterocycles. The lowest BCUT2D eigenvalue weighted by Gasteiger charge is -2.29. The van der Waals surface area contributed by atoms with Gasteiger partial charge < -0.3 is 20.1 Å². The minimum absolute atomic E-state index is 0.0908. The Bertz CT molecular complexity index is 1510. The summed E-state index contributed by atoms with van der Waals surface area (Å²) in [5.41, 5.74) is 0.289. The zero-order chi connectivity index (χ0) is 26.5. The normalized spacial score (nSPS) is 15.4. The molecule has 0 radical (unpaired) electrons. The maximum absolute atomic E-state index is 14.6. The van der Waals surface area contributed by atoms with Gasteiger partial charge in [0.25, 0.3) is 0 Å². The summed E-state index contributed by atoms with van der Waals surface area (Å²) in [6.45, 7) is 5.14. The van der Waals surface area contributed by atoms with Crippen LogP contribution in [0.5, 0.6) is 0 Å². The van der Waals surface area contributed by atoms with Crippen LogP contribution in [-0.2, 0) is 10.9 Å². The first-order valence-electron chi connectivity index (χ1n) is 11.6. The van der Waals surface area contributed by atoms with Crippen LogP contribution in [0, 0.1) is 12.7 Å². The molecule has 3 heterocycles. The van der Waals surface area contributed by atoms with E-state index < -0.39 is 29.7 Å². The number of para-hydroxylation sites is 1. The largest absolute Gasteiger partial charge is 0.478 e. The summed E-state index contributed by atoms with van der Waals surface area (Å²) < 4.78 is 62.3. The molecule has 1 aliphatic rings. The van der Waals surface area contributed by atoms with E-state index in [0.29, 0.717) is 42.8 Å². The molecule has 194 valence electrons. The van der Waals surface area contributed by atoms with Crippen LogP contribution in [0.2, 0.25) is 0 Å². The van der Waals surface area contributed by atoms with Gasteiger partial charge in [-0.05, 0) is 37.6 Å². The Morgan fingerprint density at radius 3 is 2.59 bits per heavy atom. The van der Waals surface area contributed by atoms with Crippen molar-refractivity contribution in [3.8, 4) is 0 Å². The molecule has 1 aliphatic heterocycles. The number of imidazole rings is 1. The third kappa shape index (κ3) is 4.52. The highest BCUT2D eigenvalue weighted by atomic mass is 19.4. The van der Waals surface area contributed by atoms with Crippen LogP contribution in [0.1, 0.15) is 40.1 Å². The van der Waals surface area contributed by atoms with Crippen molar-refractivity contribution in [2.24, 2.45) is 0 Å². The number of carboxylic acids is 1. The summed E-state index contributed by atoms with van der Waals surface area (Å²) in [4.78, 5) is 22.2. The highest BCUT2D eigenvalue weighted by Crippen LogP contribution is 2.36. The molecule has 0 unspecified atom stereocenters. The summed E-state index contributed by atoms with van der Waals surface area (Å²) in [6.07, 6.45) is -3.71. The van der Waals surface area contributed by atoms with Crippen LogP contribution in [0.25, 0.3) is 16.6 Å². The van der Waals surface area contributed by atoms with E-state index in [2.05, 4.69) is 10.3 Å². The highest BCUT2D eigenvalue weighted by molar-refractivity contribution is 5.97. The quantitative estimate of drug-likeness (QED) is 0.358. The molecule has 1 fully saturated rings. The molecule has 0 spiro atoms. The van der Waals surface area contributed by atoms with Gasteiger partial charge in [0.2, 0.25) is 5.95 Å². The Balaban J connectivity index is 1.72. The average molecular weight is 517 g/mol. The number of carboxylic acid groups (broad SMARTS) is 1. The number of aryl methyl sites for hydroxylation is 1. The first kappa shape index (κ1) is 24.8. The van der Waals surface area contributed by atoms with Gasteiger partial charge in [-0.1, -0.05) is 12.1 Å². The second-order valence-corrected chi connectivity index (χ2v) is 8.91. The number of nitrogens with zero attached hydrogens (tertiary/aromatic N) is 4. The van der Waals surface area contributed by atoms with Crippen molar-refractivity contribution in [2.45, 2.75) is 26.1 Å². The molecule has 5 rings (SSSR count). The summed E-state index contributed by atoms with van der Waals surface area (Å²) in [6, 6.07) is 6.59. The number of aromatic carboxylic acids is 1. The van der Waals surface area contributed by atoms with E-state index in [1.165, 1.54) is 16.5 Å². The fourth-order valence-corrected chi connectivity index (χ4v) is 4.58. The highest BCUT2D eigenvalue weighted by Gasteiger charge is 2.35. The molecule has 0 aliphatic carbocycles.